The number of nitrogens with one attached hydrogen (secondary N) is 2. The Morgan fingerprint density at radius 2 is 1.58 bits per heavy atom. The number of hydrogen-bond acceptors (Lipinski definition) is 5. The third-order valence-electron chi connectivity index (χ3n) is 5.14. The van der Waals surface area contributed by atoms with Crippen molar-refractivity contribution in [2.45, 2.75) is 31.3 Å². The van der Waals surface area contributed by atoms with E-state index in [-0.39, 0.29) is 29.8 Å². The molecule has 1 aliphatic carbocycles. The predicted octanol–water partition coefficient (Wildman–Crippen LogP) is 0.0700. The molecule has 3 heterocycles. The van der Waals surface area contributed by atoms with E-state index in [2.05, 4.69) is 15.8 Å². The van der Waals surface area contributed by atoms with E-state index in [0.29, 0.717) is 26.2 Å². The predicted molar refractivity (Wildman–Crippen MR) is 87.5 cm³/mol. The zero-order chi connectivity index (χ0) is 16.5. The highest BCUT2D eigenvalue weighted by Crippen LogP contribution is 2.31. The third kappa shape index (κ3) is 3.14. The van der Waals surface area contributed by atoms with E-state index in [1.807, 2.05) is 21.9 Å². The highest BCUT2D eigenvalue weighted by Gasteiger charge is 2.37. The molecule has 0 bridgehead atoms. The van der Waals surface area contributed by atoms with Gasteiger partial charge in [0.25, 0.3) is 0 Å². The zero-order valence-corrected chi connectivity index (χ0v) is 13.6. The Labute approximate surface area is 141 Å². The number of hydrazine groups is 1. The summed E-state index contributed by atoms with van der Waals surface area (Å²) in [6, 6.07) is 3.84. The Balaban J connectivity index is 1.30. The molecule has 0 radical (unpaired) electrons. The third-order valence-corrected chi connectivity index (χ3v) is 5.14. The molecule has 1 saturated carbocycles. The van der Waals surface area contributed by atoms with Crippen LogP contribution in [0.25, 0.3) is 0 Å². The van der Waals surface area contributed by atoms with E-state index in [1.165, 1.54) is 0 Å². The van der Waals surface area contributed by atoms with Crippen LogP contribution in [0.3, 0.4) is 0 Å². The Morgan fingerprint density at radius 3 is 2.21 bits per heavy atom. The van der Waals surface area contributed by atoms with Crippen molar-refractivity contribution in [3.63, 3.8) is 0 Å². The second-order valence-electron chi connectivity index (χ2n) is 6.83. The van der Waals surface area contributed by atoms with Gasteiger partial charge in [0, 0.05) is 50.5 Å². The van der Waals surface area contributed by atoms with Crippen LogP contribution in [0.15, 0.2) is 24.5 Å². The Hall–Kier alpha value is -1.99. The first-order chi connectivity index (χ1) is 11.7. The van der Waals surface area contributed by atoms with Crippen LogP contribution < -0.4 is 10.9 Å². The molecular formula is C17H23N5O2. The van der Waals surface area contributed by atoms with Crippen LogP contribution in [0.1, 0.15) is 30.9 Å². The first-order valence-electron chi connectivity index (χ1n) is 8.71. The minimum Gasteiger partial charge on any atom is -0.339 e. The fraction of sp³-hybridized carbons (Fsp3) is 0.588. The van der Waals surface area contributed by atoms with Crippen molar-refractivity contribution in [2.75, 3.05) is 26.2 Å². The first kappa shape index (κ1) is 15.5. The molecule has 1 aromatic rings. The van der Waals surface area contributed by atoms with Gasteiger partial charge >= 0.3 is 0 Å². The molecular weight excluding hydrogens is 306 g/mol. The summed E-state index contributed by atoms with van der Waals surface area (Å²) in [6.07, 6.45) is 6.33. The molecule has 7 nitrogen and oxygen atoms in total. The number of carbonyl (C=O) groups is 2. The number of pyridine rings is 1. The number of piperazine rings is 1. The van der Waals surface area contributed by atoms with E-state index >= 15 is 0 Å². The lowest BCUT2D eigenvalue weighted by Gasteiger charge is -2.36. The van der Waals surface area contributed by atoms with Crippen molar-refractivity contribution in [2.24, 2.45) is 5.92 Å². The Morgan fingerprint density at radius 1 is 0.958 bits per heavy atom. The maximum Gasteiger partial charge on any atom is 0.241 e. The molecule has 1 aromatic heterocycles. The standard InChI is InChI=1S/C17H23N5O2/c23-16(13-1-2-13)21-7-9-22(10-8-21)17(24)15-11-14(19-20-15)12-3-5-18-6-4-12/h3-6,13-15,19-20H,1-2,7-11H2. The van der Waals surface area contributed by atoms with Gasteiger partial charge in [-0.15, -0.1) is 0 Å². The average Bonchev–Trinajstić information content (AvgIpc) is 3.38. The number of hydrogen-bond donors (Lipinski definition) is 2. The van der Waals surface area contributed by atoms with E-state index in [0.717, 1.165) is 24.8 Å². The number of nitrogens with zero attached hydrogens (tertiary/aromatic N) is 3. The van der Waals surface area contributed by atoms with E-state index in [9.17, 15) is 9.59 Å². The molecule has 2 saturated heterocycles. The van der Waals surface area contributed by atoms with Crippen molar-refractivity contribution in [1.82, 2.24) is 25.6 Å². The molecule has 2 N–H and O–H groups in total. The summed E-state index contributed by atoms with van der Waals surface area (Å²) in [6.45, 7) is 2.59. The van der Waals surface area contributed by atoms with Gasteiger partial charge in [-0.3, -0.25) is 14.6 Å². The van der Waals surface area contributed by atoms with Gasteiger partial charge in [0.05, 0.1) is 0 Å². The Kier molecular flexibility index (Phi) is 4.20. The van der Waals surface area contributed by atoms with Crippen LogP contribution in [-0.4, -0.2) is 58.8 Å². The van der Waals surface area contributed by atoms with Gasteiger partial charge in [-0.2, -0.15) is 0 Å². The number of rotatable bonds is 3. The molecule has 0 aromatic carbocycles. The van der Waals surface area contributed by atoms with Gasteiger partial charge in [-0.25, -0.2) is 10.9 Å². The summed E-state index contributed by atoms with van der Waals surface area (Å²) < 4.78 is 0. The number of amides is 2. The minimum absolute atomic E-state index is 0.123. The van der Waals surface area contributed by atoms with Crippen molar-refractivity contribution < 1.29 is 9.59 Å². The molecule has 0 spiro atoms. The first-order valence-corrected chi connectivity index (χ1v) is 8.71. The van der Waals surface area contributed by atoms with Crippen molar-refractivity contribution in [3.8, 4) is 0 Å². The van der Waals surface area contributed by atoms with Gasteiger partial charge in [0.1, 0.15) is 6.04 Å². The van der Waals surface area contributed by atoms with E-state index in [1.54, 1.807) is 12.4 Å². The summed E-state index contributed by atoms with van der Waals surface area (Å²) in [4.78, 5) is 32.6. The summed E-state index contributed by atoms with van der Waals surface area (Å²) in [5.41, 5.74) is 7.46. The van der Waals surface area contributed by atoms with Gasteiger partial charge in [0.15, 0.2) is 0 Å². The van der Waals surface area contributed by atoms with Gasteiger partial charge in [-0.05, 0) is 37.0 Å². The average molecular weight is 329 g/mol. The van der Waals surface area contributed by atoms with Crippen LogP contribution in [0.5, 0.6) is 0 Å². The molecule has 2 amide bonds. The summed E-state index contributed by atoms with van der Waals surface area (Å²) in [5, 5.41) is 0. The molecule has 2 aliphatic heterocycles. The van der Waals surface area contributed by atoms with Gasteiger partial charge in [-0.1, -0.05) is 0 Å². The lowest BCUT2D eigenvalue weighted by molar-refractivity contribution is -0.141. The van der Waals surface area contributed by atoms with Crippen LogP contribution in [-0.2, 0) is 9.59 Å². The van der Waals surface area contributed by atoms with Gasteiger partial charge in [0.2, 0.25) is 11.8 Å². The molecule has 2 atom stereocenters. The van der Waals surface area contributed by atoms with Crippen molar-refractivity contribution in [3.05, 3.63) is 30.1 Å². The summed E-state index contributed by atoms with van der Waals surface area (Å²) in [7, 11) is 0. The molecule has 24 heavy (non-hydrogen) atoms. The topological polar surface area (TPSA) is 77.6 Å². The smallest absolute Gasteiger partial charge is 0.241 e. The maximum absolute atomic E-state index is 12.7. The molecule has 2 unspecified atom stereocenters. The molecule has 3 fully saturated rings. The monoisotopic (exact) mass is 329 g/mol. The molecule has 3 aliphatic rings. The summed E-state index contributed by atoms with van der Waals surface area (Å²) in [5.74, 6) is 0.659. The maximum atomic E-state index is 12.7. The second kappa shape index (κ2) is 6.49. The van der Waals surface area contributed by atoms with Gasteiger partial charge < -0.3 is 9.80 Å². The Bertz CT molecular complexity index is 611. The van der Waals surface area contributed by atoms with Crippen LogP contribution in [0.4, 0.5) is 0 Å². The molecule has 4 rings (SSSR count). The largest absolute Gasteiger partial charge is 0.339 e. The quantitative estimate of drug-likeness (QED) is 0.821. The lowest BCUT2D eigenvalue weighted by atomic mass is 10.0. The van der Waals surface area contributed by atoms with Crippen LogP contribution in [0, 0.1) is 5.92 Å². The number of carbonyl (C=O) groups excluding carboxylic acids is 2. The summed E-state index contributed by atoms with van der Waals surface area (Å²) >= 11 is 0. The zero-order valence-electron chi connectivity index (χ0n) is 13.6. The van der Waals surface area contributed by atoms with Crippen LogP contribution in [0.2, 0.25) is 0 Å². The second-order valence-corrected chi connectivity index (χ2v) is 6.83. The highest BCUT2D eigenvalue weighted by molar-refractivity contribution is 5.83. The number of aromatic nitrogens is 1. The highest BCUT2D eigenvalue weighted by atomic mass is 16.2. The molecule has 7 heteroatoms. The lowest BCUT2D eigenvalue weighted by Crippen LogP contribution is -2.55. The van der Waals surface area contributed by atoms with E-state index < -0.39 is 0 Å². The van der Waals surface area contributed by atoms with Crippen molar-refractivity contribution >= 4 is 11.8 Å². The van der Waals surface area contributed by atoms with E-state index in [4.69, 9.17) is 0 Å². The minimum atomic E-state index is -0.214. The SMILES string of the molecule is O=C(C1CC1)N1CCN(C(=O)C2CC(c3ccncc3)NN2)CC1. The fourth-order valence-electron chi connectivity index (χ4n) is 3.49. The van der Waals surface area contributed by atoms with Crippen molar-refractivity contribution in [1.29, 1.82) is 0 Å². The molecule has 128 valence electrons. The normalized spacial score (nSPS) is 27.3. The fourth-order valence-corrected chi connectivity index (χ4v) is 3.49. The van der Waals surface area contributed by atoms with Crippen LogP contribution >= 0.6 is 0 Å².